The van der Waals surface area contributed by atoms with Crippen molar-refractivity contribution in [3.63, 3.8) is 0 Å². The number of hydrogen-bond donors (Lipinski definition) is 0. The van der Waals surface area contributed by atoms with Crippen molar-refractivity contribution >= 4 is 5.91 Å². The molecule has 0 atom stereocenters. The van der Waals surface area contributed by atoms with Crippen LogP contribution in [0.25, 0.3) is 0 Å². The van der Waals surface area contributed by atoms with E-state index in [1.807, 2.05) is 4.90 Å². The van der Waals surface area contributed by atoms with Gasteiger partial charge < -0.3 is 9.80 Å². The average molecular weight is 396 g/mol. The summed E-state index contributed by atoms with van der Waals surface area (Å²) in [6.45, 7) is 4.04. The zero-order valence-corrected chi connectivity index (χ0v) is 16.5. The van der Waals surface area contributed by atoms with E-state index in [1.54, 1.807) is 0 Å². The van der Waals surface area contributed by atoms with Crippen LogP contribution < -0.4 is 0 Å². The Hall–Kier alpha value is -1.56. The Kier molecular flexibility index (Phi) is 7.38. The van der Waals surface area contributed by atoms with Gasteiger partial charge in [-0.05, 0) is 56.5 Å². The number of benzene rings is 1. The number of carbonyl (C=O) groups is 1. The molecule has 1 aromatic carbocycles. The van der Waals surface area contributed by atoms with Crippen LogP contribution in [0.15, 0.2) is 24.3 Å². The minimum absolute atomic E-state index is 0.0737. The van der Waals surface area contributed by atoms with E-state index in [9.17, 15) is 18.0 Å². The Balaban J connectivity index is 1.66. The molecule has 6 heteroatoms. The first-order valence-corrected chi connectivity index (χ1v) is 10.6. The summed E-state index contributed by atoms with van der Waals surface area (Å²) in [7, 11) is 0. The lowest BCUT2D eigenvalue weighted by Gasteiger charge is -2.33. The second-order valence-electron chi connectivity index (χ2n) is 8.19. The predicted octanol–water partition coefficient (Wildman–Crippen LogP) is 5.10. The molecule has 2 fully saturated rings. The summed E-state index contributed by atoms with van der Waals surface area (Å²) in [6, 6.07) is 5.24. The number of halogens is 3. The van der Waals surface area contributed by atoms with Crippen LogP contribution in [0, 0.1) is 5.92 Å². The van der Waals surface area contributed by atoms with Crippen LogP contribution >= 0.6 is 0 Å². The Bertz CT molecular complexity index is 618. The minimum atomic E-state index is -4.33. The molecule has 0 unspecified atom stereocenters. The van der Waals surface area contributed by atoms with Gasteiger partial charge >= 0.3 is 6.18 Å². The Labute approximate surface area is 165 Å². The van der Waals surface area contributed by atoms with Gasteiger partial charge in [-0.2, -0.15) is 13.2 Å². The van der Waals surface area contributed by atoms with Gasteiger partial charge in [-0.1, -0.05) is 37.8 Å². The third kappa shape index (κ3) is 5.97. The van der Waals surface area contributed by atoms with E-state index in [-0.39, 0.29) is 11.8 Å². The molecule has 1 aromatic rings. The maximum atomic E-state index is 13.1. The van der Waals surface area contributed by atoms with Gasteiger partial charge in [0.15, 0.2) is 0 Å². The Morgan fingerprint density at radius 1 is 0.964 bits per heavy atom. The number of nitrogens with zero attached hydrogens (tertiary/aromatic N) is 2. The summed E-state index contributed by atoms with van der Waals surface area (Å²) in [5, 5.41) is 0. The van der Waals surface area contributed by atoms with Gasteiger partial charge in [0.1, 0.15) is 0 Å². The zero-order chi connectivity index (χ0) is 20.0. The first-order chi connectivity index (χ1) is 13.4. The van der Waals surface area contributed by atoms with Gasteiger partial charge in [0.05, 0.1) is 5.56 Å². The highest BCUT2D eigenvalue weighted by atomic mass is 19.4. The van der Waals surface area contributed by atoms with Crippen LogP contribution in [0.3, 0.4) is 0 Å². The molecule has 0 aromatic heterocycles. The van der Waals surface area contributed by atoms with Crippen LogP contribution in [0.1, 0.15) is 62.5 Å². The number of piperidine rings is 1. The summed E-state index contributed by atoms with van der Waals surface area (Å²) in [4.78, 5) is 17.4. The van der Waals surface area contributed by atoms with E-state index in [4.69, 9.17) is 0 Å². The minimum Gasteiger partial charge on any atom is -0.337 e. The van der Waals surface area contributed by atoms with Gasteiger partial charge in [-0.15, -0.1) is 0 Å². The molecular weight excluding hydrogens is 365 g/mol. The summed E-state index contributed by atoms with van der Waals surface area (Å²) >= 11 is 0. The van der Waals surface area contributed by atoms with Crippen molar-refractivity contribution in [2.75, 3.05) is 26.2 Å². The molecule has 0 spiro atoms. The Morgan fingerprint density at radius 2 is 1.57 bits per heavy atom. The van der Waals surface area contributed by atoms with Crippen molar-refractivity contribution in [1.82, 2.24) is 9.80 Å². The van der Waals surface area contributed by atoms with Crippen LogP contribution in [0.5, 0.6) is 0 Å². The van der Waals surface area contributed by atoms with Crippen LogP contribution in [-0.4, -0.2) is 41.9 Å². The van der Waals surface area contributed by atoms with E-state index in [2.05, 4.69) is 4.90 Å². The number of carbonyl (C=O) groups excluding carboxylic acids is 1. The molecule has 1 aliphatic carbocycles. The quantitative estimate of drug-likeness (QED) is 0.668. The van der Waals surface area contributed by atoms with Crippen LogP contribution in [0.4, 0.5) is 13.2 Å². The number of amides is 1. The van der Waals surface area contributed by atoms with Crippen LogP contribution in [0.2, 0.25) is 0 Å². The van der Waals surface area contributed by atoms with E-state index in [0.29, 0.717) is 13.1 Å². The largest absolute Gasteiger partial charge is 0.416 e. The number of likely N-dealkylation sites (tertiary alicyclic amines) is 1. The first-order valence-electron chi connectivity index (χ1n) is 10.6. The van der Waals surface area contributed by atoms with Gasteiger partial charge in [-0.3, -0.25) is 4.79 Å². The smallest absolute Gasteiger partial charge is 0.337 e. The monoisotopic (exact) mass is 396 g/mol. The van der Waals surface area contributed by atoms with Crippen molar-refractivity contribution in [3.05, 3.63) is 35.4 Å². The molecular formula is C22H31F3N2O. The van der Waals surface area contributed by atoms with E-state index in [0.717, 1.165) is 63.0 Å². The fraction of sp³-hybridized carbons (Fsp3) is 0.682. The third-order valence-corrected chi connectivity index (χ3v) is 6.06. The number of alkyl halides is 3. The molecule has 2 aliphatic rings. The summed E-state index contributed by atoms with van der Waals surface area (Å²) < 4.78 is 38.4. The molecule has 0 radical (unpaired) electrons. The van der Waals surface area contributed by atoms with E-state index in [1.165, 1.54) is 37.8 Å². The first kappa shape index (κ1) is 21.2. The highest BCUT2D eigenvalue weighted by Crippen LogP contribution is 2.30. The fourth-order valence-electron chi connectivity index (χ4n) is 4.34. The normalized spacial score (nSPS) is 19.5. The molecule has 0 N–H and O–H groups in total. The van der Waals surface area contributed by atoms with Crippen LogP contribution in [-0.2, 0) is 17.5 Å². The Morgan fingerprint density at radius 3 is 2.18 bits per heavy atom. The third-order valence-electron chi connectivity index (χ3n) is 6.06. The molecule has 0 bridgehead atoms. The fourth-order valence-corrected chi connectivity index (χ4v) is 4.34. The molecule has 3 nitrogen and oxygen atoms in total. The zero-order valence-electron chi connectivity index (χ0n) is 16.5. The SMILES string of the molecule is O=C(C1CCCCC1)N(CCN1CCCCC1)Cc1ccc(C(F)(F)F)cc1. The predicted molar refractivity (Wildman–Crippen MR) is 104 cm³/mol. The lowest BCUT2D eigenvalue weighted by atomic mass is 9.88. The van der Waals surface area contributed by atoms with E-state index >= 15 is 0 Å². The topological polar surface area (TPSA) is 23.6 Å². The summed E-state index contributed by atoms with van der Waals surface area (Å²) in [5.41, 5.74) is 0.116. The highest BCUT2D eigenvalue weighted by Gasteiger charge is 2.30. The maximum absolute atomic E-state index is 13.1. The molecule has 1 saturated heterocycles. The molecule has 1 saturated carbocycles. The van der Waals surface area contributed by atoms with Gasteiger partial charge in [-0.25, -0.2) is 0 Å². The second kappa shape index (κ2) is 9.77. The van der Waals surface area contributed by atoms with Crippen molar-refractivity contribution in [1.29, 1.82) is 0 Å². The summed E-state index contributed by atoms with van der Waals surface area (Å²) in [6.07, 6.45) is 4.60. The average Bonchev–Trinajstić information content (AvgIpc) is 2.71. The number of rotatable bonds is 6. The van der Waals surface area contributed by atoms with Crippen molar-refractivity contribution in [2.24, 2.45) is 5.92 Å². The second-order valence-corrected chi connectivity index (χ2v) is 8.19. The van der Waals surface area contributed by atoms with Crippen molar-refractivity contribution in [3.8, 4) is 0 Å². The number of hydrogen-bond acceptors (Lipinski definition) is 2. The molecule has 1 heterocycles. The highest BCUT2D eigenvalue weighted by molar-refractivity contribution is 5.79. The molecule has 156 valence electrons. The summed E-state index contributed by atoms with van der Waals surface area (Å²) in [5.74, 6) is 0.251. The van der Waals surface area contributed by atoms with Crippen molar-refractivity contribution in [2.45, 2.75) is 64.1 Å². The van der Waals surface area contributed by atoms with Crippen molar-refractivity contribution < 1.29 is 18.0 Å². The molecule has 1 aliphatic heterocycles. The maximum Gasteiger partial charge on any atom is 0.416 e. The standard InChI is InChI=1S/C22H31F3N2O/c23-22(24,25)20-11-9-18(10-12-20)17-27(16-15-26-13-5-2-6-14-26)21(28)19-7-3-1-4-8-19/h9-12,19H,1-8,13-17H2. The van der Waals surface area contributed by atoms with Gasteiger partial charge in [0, 0.05) is 25.6 Å². The molecule has 28 heavy (non-hydrogen) atoms. The lowest BCUT2D eigenvalue weighted by Crippen LogP contribution is -2.42. The van der Waals surface area contributed by atoms with Gasteiger partial charge in [0.2, 0.25) is 5.91 Å². The molecule has 1 amide bonds. The lowest BCUT2D eigenvalue weighted by molar-refractivity contribution is -0.138. The van der Waals surface area contributed by atoms with E-state index < -0.39 is 11.7 Å². The van der Waals surface area contributed by atoms with Gasteiger partial charge in [0.25, 0.3) is 0 Å². The molecule has 3 rings (SSSR count).